The van der Waals surface area contributed by atoms with Gasteiger partial charge in [0, 0.05) is 6.54 Å². The van der Waals surface area contributed by atoms with Gasteiger partial charge in [-0.15, -0.1) is 0 Å². The quantitative estimate of drug-likeness (QED) is 0.0432. The molecule has 254 valence electrons. The van der Waals surface area contributed by atoms with Crippen LogP contribution in [-0.4, -0.2) is 165 Å². The van der Waals surface area contributed by atoms with Gasteiger partial charge in [0.25, 0.3) is 0 Å². The third-order valence-electron chi connectivity index (χ3n) is 5.22. The first-order valence-corrected chi connectivity index (χ1v) is 14.5. The predicted molar refractivity (Wildman–Crippen MR) is 154 cm³/mol. The molecule has 0 unspecified atom stereocenters. The third-order valence-corrected chi connectivity index (χ3v) is 5.22. The Morgan fingerprint density at radius 2 is 0.476 bits per heavy atom. The lowest BCUT2D eigenvalue weighted by Gasteiger charge is -2.33. The van der Waals surface area contributed by atoms with Crippen LogP contribution >= 0.6 is 0 Å². The van der Waals surface area contributed by atoms with Crippen molar-refractivity contribution in [2.24, 2.45) is 28.3 Å². The summed E-state index contributed by atoms with van der Waals surface area (Å²) in [5, 5.41) is 0. The number of hydrogen-bond donors (Lipinski definition) is 4. The first-order valence-electron chi connectivity index (χ1n) is 14.5. The number of rotatable bonds is 37. The largest absolute Gasteiger partial charge is 0.378 e. The topological polar surface area (TPSA) is 215 Å². The molecule has 0 bridgehead atoms. The molecule has 0 spiro atoms. The SMILES string of the molecule is NCCOCCOCCOCC(COCCOCCOCN)(COCCOCCOCN)COCCOCCOCN. The third kappa shape index (κ3) is 29.4. The molecule has 0 amide bonds. The van der Waals surface area contributed by atoms with Gasteiger partial charge in [-0.1, -0.05) is 0 Å². The van der Waals surface area contributed by atoms with Gasteiger partial charge in [-0.05, 0) is 0 Å². The Bertz CT molecular complexity index is 468. The summed E-state index contributed by atoms with van der Waals surface area (Å²) in [6.07, 6.45) is 0. The van der Waals surface area contributed by atoms with Crippen molar-refractivity contribution in [3.05, 3.63) is 0 Å². The lowest BCUT2D eigenvalue weighted by molar-refractivity contribution is -0.122. The van der Waals surface area contributed by atoms with Crippen molar-refractivity contribution in [1.29, 1.82) is 0 Å². The minimum absolute atomic E-state index is 0.161. The molecule has 42 heavy (non-hydrogen) atoms. The Morgan fingerprint density at radius 3 is 0.714 bits per heavy atom. The van der Waals surface area contributed by atoms with Crippen LogP contribution < -0.4 is 22.9 Å². The second-order valence-electron chi connectivity index (χ2n) is 8.79. The molecule has 0 aliphatic heterocycles. The maximum atomic E-state index is 5.99. The first kappa shape index (κ1) is 41.4. The summed E-state index contributed by atoms with van der Waals surface area (Å²) < 4.78 is 66.5. The van der Waals surface area contributed by atoms with Gasteiger partial charge in [-0.2, -0.15) is 0 Å². The number of hydrogen-bond acceptors (Lipinski definition) is 16. The molecular weight excluding hydrogens is 560 g/mol. The van der Waals surface area contributed by atoms with Crippen LogP contribution in [0.1, 0.15) is 0 Å². The molecule has 0 rings (SSSR count). The molecule has 0 aliphatic rings. The Hall–Kier alpha value is -0.640. The highest BCUT2D eigenvalue weighted by atomic mass is 16.6. The molecule has 0 aromatic carbocycles. The average molecular weight is 619 g/mol. The Morgan fingerprint density at radius 1 is 0.262 bits per heavy atom. The average Bonchev–Trinajstić information content (AvgIpc) is 3.00. The molecule has 0 aromatic rings. The monoisotopic (exact) mass is 618 g/mol. The van der Waals surface area contributed by atoms with Crippen molar-refractivity contribution in [3.8, 4) is 0 Å². The van der Waals surface area contributed by atoms with Gasteiger partial charge in [-0.25, -0.2) is 0 Å². The van der Waals surface area contributed by atoms with E-state index in [0.717, 1.165) is 0 Å². The molecule has 0 aliphatic carbocycles. The fraction of sp³-hybridized carbons (Fsp3) is 1.00. The Kier molecular flexibility index (Phi) is 34.3. The zero-order chi connectivity index (χ0) is 30.7. The van der Waals surface area contributed by atoms with E-state index in [9.17, 15) is 0 Å². The summed E-state index contributed by atoms with van der Waals surface area (Å²) in [4.78, 5) is 0. The normalized spacial score (nSPS) is 12.0. The summed E-state index contributed by atoms with van der Waals surface area (Å²) in [7, 11) is 0. The van der Waals surface area contributed by atoms with Crippen LogP contribution in [0.3, 0.4) is 0 Å². The summed E-state index contributed by atoms with van der Waals surface area (Å²) in [6, 6.07) is 0. The minimum atomic E-state index is -0.599. The van der Waals surface area contributed by atoms with Crippen molar-refractivity contribution < 1.29 is 56.8 Å². The van der Waals surface area contributed by atoms with Gasteiger partial charge in [0.05, 0.1) is 164 Å². The molecule has 16 nitrogen and oxygen atoms in total. The fourth-order valence-electron chi connectivity index (χ4n) is 3.19. The molecule has 0 atom stereocenters. The van der Waals surface area contributed by atoms with Crippen LogP contribution in [0.25, 0.3) is 0 Å². The van der Waals surface area contributed by atoms with Crippen LogP contribution in [0.5, 0.6) is 0 Å². The molecule has 0 radical (unpaired) electrons. The van der Waals surface area contributed by atoms with E-state index in [1.54, 1.807) is 0 Å². The van der Waals surface area contributed by atoms with E-state index in [-0.39, 0.29) is 20.2 Å². The Labute approximate surface area is 251 Å². The lowest BCUT2D eigenvalue weighted by atomic mass is 9.92. The Balaban J connectivity index is 4.82. The molecule has 0 fully saturated rings. The summed E-state index contributed by atoms with van der Waals surface area (Å²) in [5.41, 5.74) is 20.7. The zero-order valence-electron chi connectivity index (χ0n) is 25.4. The number of nitrogens with two attached hydrogens (primary N) is 4. The maximum Gasteiger partial charge on any atom is 0.0941 e. The second kappa shape index (κ2) is 34.8. The predicted octanol–water partition coefficient (Wildman–Crippen LogP) is -2.12. The van der Waals surface area contributed by atoms with Crippen molar-refractivity contribution in [1.82, 2.24) is 0 Å². The van der Waals surface area contributed by atoms with Gasteiger partial charge >= 0.3 is 0 Å². The smallest absolute Gasteiger partial charge is 0.0941 e. The van der Waals surface area contributed by atoms with Gasteiger partial charge < -0.3 is 79.8 Å². The van der Waals surface area contributed by atoms with Crippen LogP contribution in [0.2, 0.25) is 0 Å². The van der Waals surface area contributed by atoms with Gasteiger partial charge in [0.1, 0.15) is 0 Å². The van der Waals surface area contributed by atoms with E-state index in [4.69, 9.17) is 79.8 Å². The van der Waals surface area contributed by atoms with E-state index < -0.39 is 5.41 Å². The summed E-state index contributed by atoms with van der Waals surface area (Å²) in [5.74, 6) is 0. The van der Waals surface area contributed by atoms with Gasteiger partial charge in [0.2, 0.25) is 0 Å². The lowest BCUT2D eigenvalue weighted by Crippen LogP contribution is -2.43. The summed E-state index contributed by atoms with van der Waals surface area (Å²) in [6.45, 7) is 9.46. The summed E-state index contributed by atoms with van der Waals surface area (Å²) >= 11 is 0. The van der Waals surface area contributed by atoms with E-state index in [0.29, 0.717) is 145 Å². The van der Waals surface area contributed by atoms with E-state index >= 15 is 0 Å². The molecule has 0 saturated carbocycles. The van der Waals surface area contributed by atoms with Crippen LogP contribution in [-0.2, 0) is 56.8 Å². The van der Waals surface area contributed by atoms with Crippen molar-refractivity contribution in [2.45, 2.75) is 0 Å². The highest BCUT2D eigenvalue weighted by molar-refractivity contribution is 4.79. The first-order chi connectivity index (χ1) is 20.7. The van der Waals surface area contributed by atoms with Crippen LogP contribution in [0.4, 0.5) is 0 Å². The number of ether oxygens (including phenoxy) is 12. The zero-order valence-corrected chi connectivity index (χ0v) is 25.4. The highest BCUT2D eigenvalue weighted by Crippen LogP contribution is 2.21. The molecule has 16 heteroatoms. The highest BCUT2D eigenvalue weighted by Gasteiger charge is 2.32. The fourth-order valence-corrected chi connectivity index (χ4v) is 3.19. The minimum Gasteiger partial charge on any atom is -0.378 e. The van der Waals surface area contributed by atoms with Crippen molar-refractivity contribution in [3.63, 3.8) is 0 Å². The van der Waals surface area contributed by atoms with E-state index in [1.807, 2.05) is 0 Å². The standard InChI is InChI=1S/C26H58N4O12/c27-1-2-31-3-4-32-5-12-36-19-26(20-37-13-6-33-9-16-40-23-28,21-38-14-7-34-10-17-41-24-29)22-39-15-8-35-11-18-42-25-30/h1-25,27-30H2. The molecule has 0 aromatic heterocycles. The van der Waals surface area contributed by atoms with E-state index in [2.05, 4.69) is 0 Å². The van der Waals surface area contributed by atoms with Crippen molar-refractivity contribution in [2.75, 3.05) is 165 Å². The van der Waals surface area contributed by atoms with Crippen LogP contribution in [0.15, 0.2) is 0 Å². The molecule has 0 saturated heterocycles. The second-order valence-corrected chi connectivity index (χ2v) is 8.79. The van der Waals surface area contributed by atoms with Crippen molar-refractivity contribution >= 4 is 0 Å². The molecule has 8 N–H and O–H groups in total. The van der Waals surface area contributed by atoms with E-state index in [1.165, 1.54) is 0 Å². The molecular formula is C26H58N4O12. The van der Waals surface area contributed by atoms with Crippen LogP contribution in [0, 0.1) is 5.41 Å². The van der Waals surface area contributed by atoms with Gasteiger partial charge in [0.15, 0.2) is 0 Å². The maximum absolute atomic E-state index is 5.99. The molecule has 0 heterocycles. The van der Waals surface area contributed by atoms with Gasteiger partial charge in [-0.3, -0.25) is 0 Å².